The van der Waals surface area contributed by atoms with Crippen LogP contribution in [0.15, 0.2) is 0 Å². The predicted molar refractivity (Wildman–Crippen MR) is 42.4 cm³/mol. The third kappa shape index (κ3) is 1.84. The monoisotopic (exact) mass is 164 g/mol. The van der Waals surface area contributed by atoms with Crippen LogP contribution < -0.4 is 0 Å². The van der Waals surface area contributed by atoms with Crippen LogP contribution in [0.2, 0.25) is 0 Å². The molecule has 1 heterocycles. The molecule has 1 rings (SSSR count). The minimum absolute atomic E-state index is 0.360. The molecule has 0 radical (unpaired) electrons. The van der Waals surface area contributed by atoms with Crippen molar-refractivity contribution in [2.45, 2.75) is 12.5 Å². The summed E-state index contributed by atoms with van der Waals surface area (Å²) in [4.78, 5) is 2.15. The van der Waals surface area contributed by atoms with Crippen LogP contribution in [0, 0.1) is 0 Å². The maximum Gasteiger partial charge on any atom is 0.134 e. The Bertz CT molecular complexity index is 110. The molecule has 1 saturated heterocycles. The summed E-state index contributed by atoms with van der Waals surface area (Å²) in [5.41, 5.74) is 0. The molecule has 1 unspecified atom stereocenters. The summed E-state index contributed by atoms with van der Waals surface area (Å²) in [5, 5.41) is 0. The molecule has 1 fully saturated rings. The zero-order chi connectivity index (χ0) is 7.56. The zero-order valence-corrected chi connectivity index (χ0v) is 7.20. The van der Waals surface area contributed by atoms with E-state index in [0.717, 1.165) is 19.5 Å². The lowest BCUT2D eigenvalue weighted by Crippen LogP contribution is -2.29. The lowest BCUT2D eigenvalue weighted by atomic mass is 10.2. The predicted octanol–water partition coefficient (Wildman–Crippen LogP) is 1.16. The summed E-state index contributed by atoms with van der Waals surface area (Å²) >= 11 is 0.360. The van der Waals surface area contributed by atoms with E-state index in [1.165, 1.54) is 0 Å². The molecule has 1 aliphatic heterocycles. The Labute approximate surface area is 65.8 Å². The first kappa shape index (κ1) is 8.30. The third-order valence-electron chi connectivity index (χ3n) is 1.95. The van der Waals surface area contributed by atoms with Crippen molar-refractivity contribution in [2.75, 3.05) is 27.2 Å². The fourth-order valence-electron chi connectivity index (χ4n) is 1.19. The number of halogens is 1. The van der Waals surface area contributed by atoms with Gasteiger partial charge in [-0.05, 0) is 20.5 Å². The van der Waals surface area contributed by atoms with Gasteiger partial charge >= 0.3 is 0 Å². The van der Waals surface area contributed by atoms with Crippen LogP contribution in [0.3, 0.4) is 0 Å². The van der Waals surface area contributed by atoms with E-state index in [9.17, 15) is 3.89 Å². The highest BCUT2D eigenvalue weighted by atomic mass is 32.2. The second-order valence-electron chi connectivity index (χ2n) is 2.86. The molecule has 4 heteroatoms. The van der Waals surface area contributed by atoms with E-state index >= 15 is 0 Å². The van der Waals surface area contributed by atoms with Gasteiger partial charge in [-0.3, -0.25) is 0 Å². The summed E-state index contributed by atoms with van der Waals surface area (Å²) in [6.45, 7) is 1.73. The molecule has 0 aromatic carbocycles. The molecule has 0 amide bonds. The van der Waals surface area contributed by atoms with E-state index in [-0.39, 0.29) is 0 Å². The standard InChI is InChI=1S/C6H13FN2S/c1-8(2)6-3-4-9(5-6)10-7/h6H,3-5H2,1-2H3. The van der Waals surface area contributed by atoms with Crippen LogP contribution in [0.4, 0.5) is 3.89 Å². The van der Waals surface area contributed by atoms with Crippen LogP contribution in [0.25, 0.3) is 0 Å². The molecule has 0 aromatic rings. The Hall–Kier alpha value is 0.200. The molecule has 1 aliphatic rings. The molecular formula is C6H13FN2S. The van der Waals surface area contributed by atoms with Gasteiger partial charge in [0.1, 0.15) is 12.3 Å². The first-order valence-corrected chi connectivity index (χ1v) is 4.11. The quantitative estimate of drug-likeness (QED) is 0.565. The summed E-state index contributed by atoms with van der Waals surface area (Å²) in [5.74, 6) is 0. The average molecular weight is 164 g/mol. The van der Waals surface area contributed by atoms with Gasteiger partial charge in [0.05, 0.1) is 0 Å². The Morgan fingerprint density at radius 3 is 2.60 bits per heavy atom. The van der Waals surface area contributed by atoms with E-state index < -0.39 is 0 Å². The minimum atomic E-state index is 0.360. The number of nitrogens with zero attached hydrogens (tertiary/aromatic N) is 2. The van der Waals surface area contributed by atoms with E-state index in [4.69, 9.17) is 0 Å². The Balaban J connectivity index is 2.28. The smallest absolute Gasteiger partial charge is 0.134 e. The highest BCUT2D eigenvalue weighted by molar-refractivity contribution is 7.91. The summed E-state index contributed by atoms with van der Waals surface area (Å²) in [6, 6.07) is 0.545. The van der Waals surface area contributed by atoms with Gasteiger partial charge in [-0.15, -0.1) is 3.89 Å². The molecule has 0 aliphatic carbocycles. The normalized spacial score (nSPS) is 28.2. The van der Waals surface area contributed by atoms with Gasteiger partial charge in [-0.25, -0.2) is 4.31 Å². The second kappa shape index (κ2) is 3.55. The molecule has 2 nitrogen and oxygen atoms in total. The molecule has 0 N–H and O–H groups in total. The number of likely N-dealkylation sites (N-methyl/N-ethyl adjacent to an activating group) is 1. The maximum atomic E-state index is 12.0. The molecular weight excluding hydrogens is 151 g/mol. The van der Waals surface area contributed by atoms with Crippen molar-refractivity contribution in [1.82, 2.24) is 9.21 Å². The fraction of sp³-hybridized carbons (Fsp3) is 1.00. The Kier molecular flexibility index (Phi) is 2.95. The van der Waals surface area contributed by atoms with E-state index in [1.54, 1.807) is 4.31 Å². The van der Waals surface area contributed by atoms with Crippen molar-refractivity contribution in [3.63, 3.8) is 0 Å². The molecule has 60 valence electrons. The van der Waals surface area contributed by atoms with E-state index in [0.29, 0.717) is 18.4 Å². The largest absolute Gasteiger partial charge is 0.305 e. The topological polar surface area (TPSA) is 6.48 Å². The van der Waals surface area contributed by atoms with Gasteiger partial charge in [-0.2, -0.15) is 0 Å². The highest BCUT2D eigenvalue weighted by Gasteiger charge is 2.24. The molecule has 0 bridgehead atoms. The first-order valence-electron chi connectivity index (χ1n) is 3.44. The van der Waals surface area contributed by atoms with Crippen molar-refractivity contribution in [3.8, 4) is 0 Å². The Morgan fingerprint density at radius 1 is 1.60 bits per heavy atom. The molecule has 0 saturated carbocycles. The van der Waals surface area contributed by atoms with Gasteiger partial charge in [0, 0.05) is 19.1 Å². The summed E-state index contributed by atoms with van der Waals surface area (Å²) < 4.78 is 13.7. The van der Waals surface area contributed by atoms with Crippen molar-refractivity contribution < 1.29 is 3.89 Å². The van der Waals surface area contributed by atoms with E-state index in [1.807, 2.05) is 14.1 Å². The van der Waals surface area contributed by atoms with Crippen molar-refractivity contribution in [2.24, 2.45) is 0 Å². The molecule has 0 spiro atoms. The number of hydrogen-bond donors (Lipinski definition) is 0. The van der Waals surface area contributed by atoms with Gasteiger partial charge in [0.25, 0.3) is 0 Å². The SMILES string of the molecule is CN(C)C1CCN(SF)C1. The Morgan fingerprint density at radius 2 is 2.30 bits per heavy atom. The maximum absolute atomic E-state index is 12.0. The minimum Gasteiger partial charge on any atom is -0.305 e. The van der Waals surface area contributed by atoms with Gasteiger partial charge in [0.2, 0.25) is 0 Å². The molecule has 1 atom stereocenters. The zero-order valence-electron chi connectivity index (χ0n) is 6.38. The fourth-order valence-corrected chi connectivity index (χ4v) is 1.60. The lowest BCUT2D eigenvalue weighted by molar-refractivity contribution is 0.304. The second-order valence-corrected chi connectivity index (χ2v) is 3.52. The third-order valence-corrected chi connectivity index (χ3v) is 2.48. The lowest BCUT2D eigenvalue weighted by Gasteiger charge is -2.17. The van der Waals surface area contributed by atoms with Gasteiger partial charge < -0.3 is 4.90 Å². The first-order chi connectivity index (χ1) is 4.74. The van der Waals surface area contributed by atoms with Gasteiger partial charge in [0.15, 0.2) is 0 Å². The van der Waals surface area contributed by atoms with Crippen LogP contribution in [0.1, 0.15) is 6.42 Å². The van der Waals surface area contributed by atoms with Crippen LogP contribution in [-0.2, 0) is 0 Å². The van der Waals surface area contributed by atoms with Gasteiger partial charge in [-0.1, -0.05) is 0 Å². The van der Waals surface area contributed by atoms with Crippen molar-refractivity contribution >= 4 is 12.3 Å². The summed E-state index contributed by atoms with van der Waals surface area (Å²) in [6.07, 6.45) is 1.09. The number of rotatable bonds is 2. The van der Waals surface area contributed by atoms with Crippen molar-refractivity contribution in [1.29, 1.82) is 0 Å². The highest BCUT2D eigenvalue weighted by Crippen LogP contribution is 2.21. The summed E-state index contributed by atoms with van der Waals surface area (Å²) in [7, 11) is 4.08. The van der Waals surface area contributed by atoms with E-state index in [2.05, 4.69) is 4.90 Å². The molecule has 0 aromatic heterocycles. The molecule has 10 heavy (non-hydrogen) atoms. The van der Waals surface area contributed by atoms with Crippen LogP contribution in [0.5, 0.6) is 0 Å². The van der Waals surface area contributed by atoms with Crippen LogP contribution >= 0.6 is 12.3 Å². The van der Waals surface area contributed by atoms with Crippen LogP contribution in [-0.4, -0.2) is 42.4 Å². The van der Waals surface area contributed by atoms with Crippen molar-refractivity contribution in [3.05, 3.63) is 0 Å². The average Bonchev–Trinajstić information content (AvgIpc) is 2.34. The number of hydrogen-bond acceptors (Lipinski definition) is 3.